The average Bonchev–Trinajstić information content (AvgIpc) is 2.51. The highest BCUT2D eigenvalue weighted by molar-refractivity contribution is 5.76. The van der Waals surface area contributed by atoms with Crippen LogP contribution in [-0.2, 0) is 11.2 Å². The van der Waals surface area contributed by atoms with Gasteiger partial charge in [0.2, 0.25) is 5.91 Å². The van der Waals surface area contributed by atoms with E-state index in [2.05, 4.69) is 17.1 Å². The van der Waals surface area contributed by atoms with Crippen LogP contribution in [0.3, 0.4) is 0 Å². The summed E-state index contributed by atoms with van der Waals surface area (Å²) in [4.78, 5) is 14.3. The summed E-state index contributed by atoms with van der Waals surface area (Å²) in [6, 6.07) is 6.64. The largest absolute Gasteiger partial charge is 0.356 e. The Bertz CT molecular complexity index is 478. The fraction of sp³-hybridized carbons (Fsp3) is 0.611. The molecular formula is C18H27FN2O. The molecular weight excluding hydrogens is 279 g/mol. The number of amides is 1. The van der Waals surface area contributed by atoms with Crippen LogP contribution in [0, 0.1) is 11.7 Å². The molecule has 0 saturated carbocycles. The normalized spacial score (nSPS) is 19.1. The minimum Gasteiger partial charge on any atom is -0.356 e. The Hall–Kier alpha value is -1.42. The van der Waals surface area contributed by atoms with Crippen LogP contribution in [-0.4, -0.2) is 37.0 Å². The Balaban J connectivity index is 1.57. The van der Waals surface area contributed by atoms with Crippen LogP contribution < -0.4 is 5.32 Å². The van der Waals surface area contributed by atoms with Crippen molar-refractivity contribution in [3.8, 4) is 0 Å². The van der Waals surface area contributed by atoms with Crippen LogP contribution >= 0.6 is 0 Å². The summed E-state index contributed by atoms with van der Waals surface area (Å²) >= 11 is 0. The van der Waals surface area contributed by atoms with Gasteiger partial charge in [-0.05, 0) is 56.3 Å². The van der Waals surface area contributed by atoms with Gasteiger partial charge in [0.1, 0.15) is 5.82 Å². The fourth-order valence-corrected chi connectivity index (χ4v) is 3.06. The molecule has 2 rings (SSSR count). The van der Waals surface area contributed by atoms with Gasteiger partial charge in [0, 0.05) is 19.5 Å². The van der Waals surface area contributed by atoms with E-state index in [4.69, 9.17) is 0 Å². The number of benzene rings is 1. The van der Waals surface area contributed by atoms with Crippen molar-refractivity contribution in [1.29, 1.82) is 0 Å². The minimum absolute atomic E-state index is 0.00950. The van der Waals surface area contributed by atoms with E-state index >= 15 is 0 Å². The third kappa shape index (κ3) is 5.76. The standard InChI is InChI=1S/C18H27FN2O/c1-15-6-4-12-21(14-15)13-5-11-20-18(22)10-9-16-7-2-3-8-17(16)19/h2-3,7-8,15H,4-6,9-14H2,1H3,(H,20,22)/t15-/m1/s1. The van der Waals surface area contributed by atoms with Gasteiger partial charge in [-0.15, -0.1) is 0 Å². The molecule has 0 aromatic heterocycles. The molecule has 1 fully saturated rings. The van der Waals surface area contributed by atoms with Gasteiger partial charge in [-0.1, -0.05) is 25.1 Å². The third-order valence-electron chi connectivity index (χ3n) is 4.29. The smallest absolute Gasteiger partial charge is 0.220 e. The van der Waals surface area contributed by atoms with Gasteiger partial charge in [0.05, 0.1) is 0 Å². The molecule has 0 unspecified atom stereocenters. The van der Waals surface area contributed by atoms with Gasteiger partial charge in [0.15, 0.2) is 0 Å². The van der Waals surface area contributed by atoms with Crippen LogP contribution in [0.25, 0.3) is 0 Å². The number of carbonyl (C=O) groups is 1. The Kier molecular flexibility index (Phi) is 6.84. The van der Waals surface area contributed by atoms with Gasteiger partial charge in [-0.3, -0.25) is 4.79 Å². The molecule has 1 atom stereocenters. The molecule has 4 heteroatoms. The number of nitrogens with one attached hydrogen (secondary N) is 1. The Labute approximate surface area is 132 Å². The van der Waals surface area contributed by atoms with Gasteiger partial charge < -0.3 is 10.2 Å². The van der Waals surface area contributed by atoms with Crippen LogP contribution in [0.2, 0.25) is 0 Å². The maximum absolute atomic E-state index is 13.4. The molecule has 1 aliphatic rings. The lowest BCUT2D eigenvalue weighted by molar-refractivity contribution is -0.121. The molecule has 22 heavy (non-hydrogen) atoms. The van der Waals surface area contributed by atoms with Crippen LogP contribution in [0.1, 0.15) is 38.2 Å². The lowest BCUT2D eigenvalue weighted by Gasteiger charge is -2.30. The van der Waals surface area contributed by atoms with Crippen LogP contribution in [0.5, 0.6) is 0 Å². The summed E-state index contributed by atoms with van der Waals surface area (Å²) in [6.07, 6.45) is 4.42. The average molecular weight is 306 g/mol. The zero-order chi connectivity index (χ0) is 15.8. The summed E-state index contributed by atoms with van der Waals surface area (Å²) in [7, 11) is 0. The number of likely N-dealkylation sites (tertiary alicyclic amines) is 1. The van der Waals surface area contributed by atoms with Crippen molar-refractivity contribution in [3.63, 3.8) is 0 Å². The predicted molar refractivity (Wildman–Crippen MR) is 87.2 cm³/mol. The number of hydrogen-bond acceptors (Lipinski definition) is 2. The molecule has 1 amide bonds. The summed E-state index contributed by atoms with van der Waals surface area (Å²) in [5.41, 5.74) is 0.611. The molecule has 1 aromatic rings. The first-order valence-corrected chi connectivity index (χ1v) is 8.37. The van der Waals surface area contributed by atoms with E-state index in [0.717, 1.165) is 18.9 Å². The molecule has 1 heterocycles. The van der Waals surface area contributed by atoms with Crippen molar-refractivity contribution in [2.45, 2.75) is 39.0 Å². The molecule has 1 aromatic carbocycles. The summed E-state index contributed by atoms with van der Waals surface area (Å²) < 4.78 is 13.4. The highest BCUT2D eigenvalue weighted by atomic mass is 19.1. The van der Waals surface area contributed by atoms with E-state index < -0.39 is 0 Å². The molecule has 1 saturated heterocycles. The lowest BCUT2D eigenvalue weighted by atomic mass is 10.0. The Morgan fingerprint density at radius 1 is 1.41 bits per heavy atom. The van der Waals surface area contributed by atoms with E-state index in [1.54, 1.807) is 18.2 Å². The van der Waals surface area contributed by atoms with Crippen LogP contribution in [0.4, 0.5) is 4.39 Å². The van der Waals surface area contributed by atoms with E-state index in [0.29, 0.717) is 24.9 Å². The second-order valence-electron chi connectivity index (χ2n) is 6.34. The molecule has 0 radical (unpaired) electrons. The zero-order valence-corrected chi connectivity index (χ0v) is 13.5. The van der Waals surface area contributed by atoms with Crippen molar-refractivity contribution < 1.29 is 9.18 Å². The Morgan fingerprint density at radius 3 is 3.00 bits per heavy atom. The number of piperidine rings is 1. The zero-order valence-electron chi connectivity index (χ0n) is 13.5. The summed E-state index contributed by atoms with van der Waals surface area (Å²) in [5.74, 6) is 0.578. The highest BCUT2D eigenvalue weighted by Gasteiger charge is 2.15. The SMILES string of the molecule is C[C@@H]1CCCN(CCCNC(=O)CCc2ccccc2F)C1. The quantitative estimate of drug-likeness (QED) is 0.786. The molecule has 122 valence electrons. The molecule has 1 aliphatic heterocycles. The van der Waals surface area contributed by atoms with Gasteiger partial charge in [0.25, 0.3) is 0 Å². The highest BCUT2D eigenvalue weighted by Crippen LogP contribution is 2.15. The second-order valence-corrected chi connectivity index (χ2v) is 6.34. The van der Waals surface area contributed by atoms with Crippen molar-refractivity contribution in [1.82, 2.24) is 10.2 Å². The molecule has 0 aliphatic carbocycles. The minimum atomic E-state index is -0.227. The number of aryl methyl sites for hydroxylation is 1. The van der Waals surface area contributed by atoms with E-state index in [1.807, 2.05) is 0 Å². The first kappa shape index (κ1) is 16.9. The van der Waals surface area contributed by atoms with E-state index in [-0.39, 0.29) is 11.7 Å². The molecule has 3 nitrogen and oxygen atoms in total. The van der Waals surface area contributed by atoms with Crippen molar-refractivity contribution in [3.05, 3.63) is 35.6 Å². The number of halogens is 1. The number of nitrogens with zero attached hydrogens (tertiary/aromatic N) is 1. The van der Waals surface area contributed by atoms with E-state index in [1.165, 1.54) is 32.0 Å². The van der Waals surface area contributed by atoms with Crippen molar-refractivity contribution >= 4 is 5.91 Å². The summed E-state index contributed by atoms with van der Waals surface area (Å²) in [6.45, 7) is 6.43. The van der Waals surface area contributed by atoms with Crippen molar-refractivity contribution in [2.24, 2.45) is 5.92 Å². The van der Waals surface area contributed by atoms with Gasteiger partial charge in [-0.25, -0.2) is 4.39 Å². The van der Waals surface area contributed by atoms with Crippen LogP contribution in [0.15, 0.2) is 24.3 Å². The van der Waals surface area contributed by atoms with Crippen molar-refractivity contribution in [2.75, 3.05) is 26.2 Å². The number of carbonyl (C=O) groups excluding carboxylic acids is 1. The lowest BCUT2D eigenvalue weighted by Crippen LogP contribution is -2.36. The predicted octanol–water partition coefficient (Wildman–Crippen LogP) is 3.00. The molecule has 0 bridgehead atoms. The first-order chi connectivity index (χ1) is 10.6. The Morgan fingerprint density at radius 2 is 2.23 bits per heavy atom. The van der Waals surface area contributed by atoms with Gasteiger partial charge in [-0.2, -0.15) is 0 Å². The first-order valence-electron chi connectivity index (χ1n) is 8.37. The maximum atomic E-state index is 13.4. The second kappa shape index (κ2) is 8.89. The van der Waals surface area contributed by atoms with Gasteiger partial charge >= 0.3 is 0 Å². The fourth-order valence-electron chi connectivity index (χ4n) is 3.06. The molecule has 1 N–H and O–H groups in total. The third-order valence-corrected chi connectivity index (χ3v) is 4.29. The van der Waals surface area contributed by atoms with E-state index in [9.17, 15) is 9.18 Å². The number of hydrogen-bond donors (Lipinski definition) is 1. The molecule has 0 spiro atoms. The topological polar surface area (TPSA) is 32.3 Å². The number of rotatable bonds is 7. The maximum Gasteiger partial charge on any atom is 0.220 e. The monoisotopic (exact) mass is 306 g/mol. The summed E-state index contributed by atoms with van der Waals surface area (Å²) in [5, 5.41) is 2.94.